The lowest BCUT2D eigenvalue weighted by atomic mass is 9.66. The van der Waals surface area contributed by atoms with Crippen molar-refractivity contribution in [2.75, 3.05) is 12.0 Å². The van der Waals surface area contributed by atoms with Crippen LogP contribution in [0.1, 0.15) is 78.0 Å². The van der Waals surface area contributed by atoms with E-state index in [9.17, 15) is 0 Å². The fourth-order valence-electron chi connectivity index (χ4n) is 12.8. The molecule has 0 spiro atoms. The normalized spacial score (nSPS) is 21.0. The van der Waals surface area contributed by atoms with Crippen LogP contribution in [0.5, 0.6) is 0 Å². The zero-order valence-electron chi connectivity index (χ0n) is 39.8. The van der Waals surface area contributed by atoms with Crippen LogP contribution in [0.2, 0.25) is 0 Å². The first-order chi connectivity index (χ1) is 34.7. The first-order valence-corrected chi connectivity index (χ1v) is 25.5. The molecular formula is C66H58N3O+. The van der Waals surface area contributed by atoms with Crippen molar-refractivity contribution in [1.29, 1.82) is 0 Å². The molecule has 1 fully saturated rings. The van der Waals surface area contributed by atoms with Crippen LogP contribution in [0, 0.1) is 5.92 Å². The zero-order chi connectivity index (χ0) is 46.5. The summed E-state index contributed by atoms with van der Waals surface area (Å²) < 4.78 is 5.94. The van der Waals surface area contributed by atoms with Gasteiger partial charge < -0.3 is 19.9 Å². The fraction of sp³-hybridized carbons (Fsp3) is 0.182. The number of quaternary nitrogens is 1. The van der Waals surface area contributed by atoms with Gasteiger partial charge >= 0.3 is 0 Å². The molecule has 0 aromatic heterocycles. The number of allylic oxidation sites excluding steroid dienone is 6. The number of rotatable bonds is 9. The summed E-state index contributed by atoms with van der Waals surface area (Å²) in [5, 5.41) is 5.25. The number of methoxy groups -OCH3 is 1. The highest BCUT2D eigenvalue weighted by molar-refractivity contribution is 6.11. The van der Waals surface area contributed by atoms with Crippen LogP contribution >= 0.6 is 0 Å². The van der Waals surface area contributed by atoms with Crippen molar-refractivity contribution in [2.45, 2.75) is 62.7 Å². The van der Waals surface area contributed by atoms with Crippen LogP contribution in [0.4, 0.5) is 17.1 Å². The van der Waals surface area contributed by atoms with Crippen molar-refractivity contribution in [3.05, 3.63) is 252 Å². The third-order valence-electron chi connectivity index (χ3n) is 16.0. The maximum absolute atomic E-state index is 5.94. The van der Waals surface area contributed by atoms with Gasteiger partial charge in [0.15, 0.2) is 6.17 Å². The molecule has 4 heteroatoms. The van der Waals surface area contributed by atoms with Gasteiger partial charge in [0.05, 0.1) is 18.6 Å². The smallest absolute Gasteiger partial charge is 0.189 e. The van der Waals surface area contributed by atoms with E-state index in [1.54, 1.807) is 0 Å². The number of nitrogens with zero attached hydrogens (tertiary/aromatic N) is 2. The van der Waals surface area contributed by atoms with Crippen LogP contribution in [-0.4, -0.2) is 18.1 Å². The Balaban J connectivity index is 0.935. The molecule has 5 aliphatic rings. The molecule has 0 radical (unpaired) electrons. The minimum Gasteiger partial charge on any atom is -0.501 e. The number of nitrogens with two attached hydrogens (primary N) is 1. The van der Waals surface area contributed by atoms with Crippen LogP contribution in [-0.2, 0) is 11.2 Å². The molecule has 5 unspecified atom stereocenters. The highest BCUT2D eigenvalue weighted by Crippen LogP contribution is 2.53. The predicted octanol–water partition coefficient (Wildman–Crippen LogP) is 15.5. The third kappa shape index (κ3) is 7.32. The van der Waals surface area contributed by atoms with Crippen molar-refractivity contribution >= 4 is 33.9 Å². The second kappa shape index (κ2) is 18.0. The summed E-state index contributed by atoms with van der Waals surface area (Å²) in [7, 11) is 1.83. The lowest BCUT2D eigenvalue weighted by Gasteiger charge is -2.42. The maximum atomic E-state index is 5.94. The van der Waals surface area contributed by atoms with Gasteiger partial charge in [-0.15, -0.1) is 0 Å². The summed E-state index contributed by atoms with van der Waals surface area (Å²) in [5.41, 5.74) is 19.3. The molecule has 70 heavy (non-hydrogen) atoms. The zero-order valence-corrected chi connectivity index (χ0v) is 39.8. The molecule has 1 saturated heterocycles. The van der Waals surface area contributed by atoms with Crippen molar-refractivity contribution in [1.82, 2.24) is 4.90 Å². The van der Waals surface area contributed by atoms with Gasteiger partial charge in [-0.1, -0.05) is 188 Å². The van der Waals surface area contributed by atoms with Gasteiger partial charge in [0.1, 0.15) is 12.1 Å². The van der Waals surface area contributed by atoms with Gasteiger partial charge in [-0.2, -0.15) is 0 Å². The first-order valence-electron chi connectivity index (χ1n) is 25.5. The topological polar surface area (TPSA) is 32.3 Å². The van der Waals surface area contributed by atoms with E-state index >= 15 is 0 Å². The molecule has 1 heterocycles. The number of hydrogen-bond acceptors (Lipinski definition) is 3. The molecule has 0 saturated carbocycles. The van der Waals surface area contributed by atoms with E-state index in [4.69, 9.17) is 4.74 Å². The van der Waals surface area contributed by atoms with Crippen LogP contribution in [0.3, 0.4) is 0 Å². The molecule has 2 N–H and O–H groups in total. The molecule has 1 aliphatic heterocycles. The van der Waals surface area contributed by atoms with Crippen molar-refractivity contribution in [3.8, 4) is 33.4 Å². The standard InChI is InChI=1S/C66H57N3O/c1-70-53-22-16-21-52(43-53)69-65-59-28-13-9-24-55(59)54-23-8-12-27-58(54)63(65)67-66(69)49-33-31-48(32-34-49)62-56-25-10-14-29-60(56)64(61-30-15-11-26-57(61)62)68(50-39-35-46(36-40-50)44-17-4-2-5-18-44)51-41-37-47(38-42-51)45-19-6-3-7-20-45/h2-11,13-14,17-21,23-26,28-29,31-43,54,58,63,65-67H,12,15-16,22,27,30H2,1H3/p+1. The average molecular weight is 909 g/mol. The quantitative estimate of drug-likeness (QED) is 0.146. The lowest BCUT2D eigenvalue weighted by Crippen LogP contribution is -2.90. The summed E-state index contributed by atoms with van der Waals surface area (Å²) >= 11 is 0. The van der Waals surface area contributed by atoms with Gasteiger partial charge in [-0.25, -0.2) is 0 Å². The molecular weight excluding hydrogens is 851 g/mol. The summed E-state index contributed by atoms with van der Waals surface area (Å²) in [5.74, 6) is 2.11. The Hall–Kier alpha value is -7.66. The van der Waals surface area contributed by atoms with Crippen molar-refractivity contribution in [2.24, 2.45) is 5.92 Å². The fourth-order valence-corrected chi connectivity index (χ4v) is 12.8. The van der Waals surface area contributed by atoms with E-state index in [1.807, 2.05) is 7.11 Å². The second-order valence-corrected chi connectivity index (χ2v) is 19.8. The average Bonchev–Trinajstić information content (AvgIpc) is 3.85. The lowest BCUT2D eigenvalue weighted by molar-refractivity contribution is -0.723. The highest BCUT2D eigenvalue weighted by atomic mass is 16.5. The SMILES string of the molecule is COC1=CC(N2C(c3ccc(-c4c5c(c(N(c6ccc(-c7ccccc7)cc6)c6ccc(-c7ccccc7)cc6)c6ccccc46)CCC=C5)cc3)[NH2+]C3C4CCC=CC4c4ccccc4C32)=CCC1. The van der Waals surface area contributed by atoms with Crippen LogP contribution < -0.4 is 10.2 Å². The Morgan fingerprint density at radius 2 is 1.19 bits per heavy atom. The number of benzene rings is 8. The van der Waals surface area contributed by atoms with Crippen molar-refractivity contribution < 1.29 is 10.1 Å². The van der Waals surface area contributed by atoms with Crippen molar-refractivity contribution in [3.63, 3.8) is 0 Å². The van der Waals surface area contributed by atoms with E-state index in [0.717, 1.165) is 49.2 Å². The second-order valence-electron chi connectivity index (χ2n) is 19.8. The molecule has 13 rings (SSSR count). The number of fused-ring (bicyclic) bond motifs is 8. The molecule has 8 aromatic rings. The summed E-state index contributed by atoms with van der Waals surface area (Å²) in [6, 6.07) is 68.6. The molecule has 4 nitrogen and oxygen atoms in total. The minimum absolute atomic E-state index is 0.128. The Bertz CT molecular complexity index is 3270. The van der Waals surface area contributed by atoms with Gasteiger partial charge in [-0.3, -0.25) is 0 Å². The van der Waals surface area contributed by atoms with Gasteiger partial charge in [-0.05, 0) is 123 Å². The van der Waals surface area contributed by atoms with E-state index < -0.39 is 0 Å². The Morgan fingerprint density at radius 1 is 0.571 bits per heavy atom. The Labute approximate surface area is 412 Å². The molecule has 5 atom stereocenters. The number of hydrogen-bond donors (Lipinski definition) is 1. The van der Waals surface area contributed by atoms with Gasteiger partial charge in [0.2, 0.25) is 0 Å². The summed E-state index contributed by atoms with van der Waals surface area (Å²) in [6.07, 6.45) is 20.9. The maximum Gasteiger partial charge on any atom is 0.189 e. The monoisotopic (exact) mass is 908 g/mol. The third-order valence-corrected chi connectivity index (χ3v) is 16.0. The van der Waals surface area contributed by atoms with Gasteiger partial charge in [0.25, 0.3) is 0 Å². The molecule has 0 amide bonds. The van der Waals surface area contributed by atoms with Crippen LogP contribution in [0.15, 0.2) is 224 Å². The molecule has 0 bridgehead atoms. The van der Waals surface area contributed by atoms with E-state index in [2.05, 4.69) is 234 Å². The van der Waals surface area contributed by atoms with E-state index in [-0.39, 0.29) is 12.2 Å². The van der Waals surface area contributed by atoms with Crippen LogP contribution in [0.25, 0.3) is 50.2 Å². The minimum atomic E-state index is 0.128. The molecule has 8 aromatic carbocycles. The molecule has 342 valence electrons. The Morgan fingerprint density at radius 3 is 1.87 bits per heavy atom. The number of anilines is 3. The van der Waals surface area contributed by atoms with E-state index in [1.165, 1.54) is 89.8 Å². The summed E-state index contributed by atoms with van der Waals surface area (Å²) in [6.45, 7) is 0. The molecule has 4 aliphatic carbocycles. The van der Waals surface area contributed by atoms with E-state index in [0.29, 0.717) is 17.9 Å². The highest BCUT2D eigenvalue weighted by Gasteiger charge is 2.55. The van der Waals surface area contributed by atoms with Gasteiger partial charge in [0, 0.05) is 46.3 Å². The number of ether oxygens (including phenoxy) is 1. The first kappa shape index (κ1) is 42.4. The Kier molecular flexibility index (Phi) is 10.9. The summed E-state index contributed by atoms with van der Waals surface area (Å²) in [4.78, 5) is 5.28. The predicted molar refractivity (Wildman–Crippen MR) is 289 cm³/mol. The largest absolute Gasteiger partial charge is 0.501 e.